The molecule has 4 heteroatoms. The summed E-state index contributed by atoms with van der Waals surface area (Å²) in [7, 11) is -1.54. The van der Waals surface area contributed by atoms with Crippen LogP contribution >= 0.6 is 0 Å². The van der Waals surface area contributed by atoms with Crippen molar-refractivity contribution in [2.45, 2.75) is 64.0 Å². The van der Waals surface area contributed by atoms with E-state index in [1.54, 1.807) is 0 Å². The van der Waals surface area contributed by atoms with Gasteiger partial charge in [-0.25, -0.2) is 0 Å². The summed E-state index contributed by atoms with van der Waals surface area (Å²) < 4.78 is 6.19. The molecule has 15 heavy (non-hydrogen) atoms. The Morgan fingerprint density at radius 3 is 2.53 bits per heavy atom. The highest BCUT2D eigenvalue weighted by atomic mass is 28.4. The second-order valence-corrected chi connectivity index (χ2v) is 8.96. The van der Waals surface area contributed by atoms with E-state index in [1.807, 2.05) is 6.92 Å². The SMILES string of the molecule is CCC(NC(C)N)[Si]1(CC)CCCCO1. The van der Waals surface area contributed by atoms with Gasteiger partial charge >= 0.3 is 0 Å². The molecule has 1 aliphatic rings. The summed E-state index contributed by atoms with van der Waals surface area (Å²) in [5.74, 6) is 0. The standard InChI is InChI=1S/C11H26N2OSi/c1-4-11(13-10(3)12)15(5-2)9-7-6-8-14-15/h10-11,13H,4-9,12H2,1-3H3. The third kappa shape index (κ3) is 3.28. The lowest BCUT2D eigenvalue weighted by molar-refractivity contribution is 0.249. The maximum absolute atomic E-state index is 6.19. The van der Waals surface area contributed by atoms with Crippen molar-refractivity contribution in [3.8, 4) is 0 Å². The molecule has 0 amide bonds. The average Bonchev–Trinajstić information content (AvgIpc) is 2.26. The maximum Gasteiger partial charge on any atom is 0.209 e. The van der Waals surface area contributed by atoms with E-state index in [-0.39, 0.29) is 6.17 Å². The van der Waals surface area contributed by atoms with Crippen LogP contribution in [-0.2, 0) is 4.43 Å². The first-order valence-electron chi connectivity index (χ1n) is 6.30. The second kappa shape index (κ2) is 5.99. The van der Waals surface area contributed by atoms with Crippen LogP contribution in [0.4, 0.5) is 0 Å². The van der Waals surface area contributed by atoms with Crippen LogP contribution in [0, 0.1) is 0 Å². The minimum absolute atomic E-state index is 0.0800. The fraction of sp³-hybridized carbons (Fsp3) is 1.00. The Bertz CT molecular complexity index is 181. The predicted molar refractivity (Wildman–Crippen MR) is 67.1 cm³/mol. The van der Waals surface area contributed by atoms with E-state index >= 15 is 0 Å². The highest BCUT2D eigenvalue weighted by molar-refractivity contribution is 6.75. The summed E-state index contributed by atoms with van der Waals surface area (Å²) in [6.07, 6.45) is 3.80. The number of nitrogens with one attached hydrogen (secondary N) is 1. The lowest BCUT2D eigenvalue weighted by atomic mass is 10.4. The van der Waals surface area contributed by atoms with Gasteiger partial charge in [0.25, 0.3) is 0 Å². The Morgan fingerprint density at radius 1 is 1.40 bits per heavy atom. The van der Waals surface area contributed by atoms with Gasteiger partial charge in [0.05, 0.1) is 6.17 Å². The number of hydrogen-bond donors (Lipinski definition) is 2. The summed E-state index contributed by atoms with van der Waals surface area (Å²) in [5, 5.41) is 3.51. The lowest BCUT2D eigenvalue weighted by Crippen LogP contribution is -2.61. The van der Waals surface area contributed by atoms with Gasteiger partial charge in [-0.05, 0) is 31.9 Å². The molecule has 0 aromatic carbocycles. The van der Waals surface area contributed by atoms with E-state index in [9.17, 15) is 0 Å². The highest BCUT2D eigenvalue weighted by Crippen LogP contribution is 2.29. The van der Waals surface area contributed by atoms with Crippen molar-refractivity contribution in [3.05, 3.63) is 0 Å². The molecule has 0 aromatic rings. The van der Waals surface area contributed by atoms with Gasteiger partial charge in [-0.1, -0.05) is 20.3 Å². The zero-order chi connectivity index (χ0) is 11.3. The molecule has 90 valence electrons. The Morgan fingerprint density at radius 2 is 2.13 bits per heavy atom. The third-order valence-electron chi connectivity index (χ3n) is 3.49. The largest absolute Gasteiger partial charge is 0.415 e. The van der Waals surface area contributed by atoms with Crippen LogP contribution in [-0.4, -0.2) is 26.8 Å². The third-order valence-corrected chi connectivity index (χ3v) is 8.51. The molecule has 1 fully saturated rings. The summed E-state index contributed by atoms with van der Waals surface area (Å²) in [4.78, 5) is 0. The van der Waals surface area contributed by atoms with E-state index in [1.165, 1.54) is 24.9 Å². The summed E-state index contributed by atoms with van der Waals surface area (Å²) in [5.41, 5.74) is 6.38. The molecule has 1 heterocycles. The van der Waals surface area contributed by atoms with E-state index in [2.05, 4.69) is 19.2 Å². The van der Waals surface area contributed by atoms with Gasteiger partial charge in [-0.3, -0.25) is 5.32 Å². The fourth-order valence-electron chi connectivity index (χ4n) is 2.63. The average molecular weight is 230 g/mol. The van der Waals surface area contributed by atoms with Crippen molar-refractivity contribution in [3.63, 3.8) is 0 Å². The molecule has 3 unspecified atom stereocenters. The monoisotopic (exact) mass is 230 g/mol. The molecule has 1 saturated heterocycles. The van der Waals surface area contributed by atoms with Crippen LogP contribution in [0.1, 0.15) is 40.0 Å². The number of nitrogens with two attached hydrogens (primary N) is 1. The molecule has 0 bridgehead atoms. The molecule has 3 N–H and O–H groups in total. The van der Waals surface area contributed by atoms with E-state index in [4.69, 9.17) is 10.2 Å². The summed E-state index contributed by atoms with van der Waals surface area (Å²) in [6.45, 7) is 7.51. The van der Waals surface area contributed by atoms with Crippen LogP contribution < -0.4 is 11.1 Å². The van der Waals surface area contributed by atoms with Crippen molar-refractivity contribution in [2.24, 2.45) is 5.73 Å². The van der Waals surface area contributed by atoms with Crippen LogP contribution in [0.2, 0.25) is 12.1 Å². The van der Waals surface area contributed by atoms with Gasteiger partial charge in [0, 0.05) is 12.3 Å². The Balaban J connectivity index is 2.67. The zero-order valence-corrected chi connectivity index (χ0v) is 11.4. The molecule has 1 aliphatic heterocycles. The fourth-order valence-corrected chi connectivity index (χ4v) is 7.09. The second-order valence-electron chi connectivity index (χ2n) is 4.64. The Kier molecular flexibility index (Phi) is 5.25. The van der Waals surface area contributed by atoms with Gasteiger partial charge in [0.15, 0.2) is 0 Å². The maximum atomic E-state index is 6.19. The number of rotatable bonds is 5. The van der Waals surface area contributed by atoms with Crippen molar-refractivity contribution in [1.82, 2.24) is 5.32 Å². The topological polar surface area (TPSA) is 47.3 Å². The smallest absolute Gasteiger partial charge is 0.209 e. The van der Waals surface area contributed by atoms with Crippen molar-refractivity contribution >= 4 is 8.32 Å². The first-order valence-corrected chi connectivity index (χ1v) is 8.70. The van der Waals surface area contributed by atoms with Crippen molar-refractivity contribution in [2.75, 3.05) is 6.61 Å². The van der Waals surface area contributed by atoms with Crippen LogP contribution in [0.25, 0.3) is 0 Å². The molecule has 3 atom stereocenters. The molecule has 0 aromatic heterocycles. The van der Waals surface area contributed by atoms with Crippen molar-refractivity contribution in [1.29, 1.82) is 0 Å². The normalized spacial score (nSPS) is 31.2. The van der Waals surface area contributed by atoms with E-state index in [0.29, 0.717) is 5.67 Å². The van der Waals surface area contributed by atoms with Crippen LogP contribution in [0.3, 0.4) is 0 Å². The predicted octanol–water partition coefficient (Wildman–Crippen LogP) is 1.97. The molecule has 0 aliphatic carbocycles. The van der Waals surface area contributed by atoms with Crippen LogP contribution in [0.15, 0.2) is 0 Å². The minimum atomic E-state index is -1.54. The Hall–Kier alpha value is 0.0969. The molecule has 0 spiro atoms. The highest BCUT2D eigenvalue weighted by Gasteiger charge is 2.42. The molecule has 0 saturated carbocycles. The zero-order valence-electron chi connectivity index (χ0n) is 10.4. The van der Waals surface area contributed by atoms with E-state index in [0.717, 1.165) is 13.0 Å². The van der Waals surface area contributed by atoms with Gasteiger partial charge in [0.2, 0.25) is 8.32 Å². The Labute approximate surface area is 94.9 Å². The first-order chi connectivity index (χ1) is 7.14. The van der Waals surface area contributed by atoms with Gasteiger partial charge < -0.3 is 10.2 Å². The molecule has 1 rings (SSSR count). The quantitative estimate of drug-likeness (QED) is 0.561. The lowest BCUT2D eigenvalue weighted by Gasteiger charge is -2.41. The van der Waals surface area contributed by atoms with Crippen molar-refractivity contribution < 1.29 is 4.43 Å². The molecule has 0 radical (unpaired) electrons. The molecular weight excluding hydrogens is 204 g/mol. The molecule has 3 nitrogen and oxygen atoms in total. The van der Waals surface area contributed by atoms with Gasteiger partial charge in [-0.2, -0.15) is 0 Å². The van der Waals surface area contributed by atoms with E-state index < -0.39 is 8.32 Å². The number of hydrogen-bond acceptors (Lipinski definition) is 3. The molecular formula is C11H26N2OSi. The van der Waals surface area contributed by atoms with Crippen LogP contribution in [0.5, 0.6) is 0 Å². The summed E-state index contributed by atoms with van der Waals surface area (Å²) in [6, 6.07) is 2.52. The van der Waals surface area contributed by atoms with Gasteiger partial charge in [0.1, 0.15) is 0 Å². The minimum Gasteiger partial charge on any atom is -0.415 e. The van der Waals surface area contributed by atoms with Gasteiger partial charge in [-0.15, -0.1) is 0 Å². The summed E-state index contributed by atoms with van der Waals surface area (Å²) >= 11 is 0. The first kappa shape index (κ1) is 13.2.